The zero-order valence-electron chi connectivity index (χ0n) is 6.45. The van der Waals surface area contributed by atoms with Crippen LogP contribution in [0.15, 0.2) is 30.6 Å². The van der Waals surface area contributed by atoms with Crippen LogP contribution in [0.4, 0.5) is 5.69 Å². The second-order valence-corrected chi connectivity index (χ2v) is 2.22. The molecule has 0 radical (unpaired) electrons. The lowest BCUT2D eigenvalue weighted by Crippen LogP contribution is -1.97. The standard InChI is InChI=1S/C8H10N2O2/c11-8(12)2-1-4-10-7-3-5-9-6-7/h1-3,5-6,9-10H,4H2,(H,11,12)/b2-1+. The first-order valence-electron chi connectivity index (χ1n) is 3.55. The number of carboxylic acid groups (broad SMARTS) is 1. The summed E-state index contributed by atoms with van der Waals surface area (Å²) < 4.78 is 0. The first kappa shape index (κ1) is 8.39. The monoisotopic (exact) mass is 166 g/mol. The summed E-state index contributed by atoms with van der Waals surface area (Å²) in [4.78, 5) is 12.9. The Labute approximate surface area is 69.9 Å². The topological polar surface area (TPSA) is 65.1 Å². The molecule has 0 amide bonds. The zero-order valence-corrected chi connectivity index (χ0v) is 6.45. The minimum Gasteiger partial charge on any atom is -0.478 e. The van der Waals surface area contributed by atoms with Crippen LogP contribution >= 0.6 is 0 Å². The maximum Gasteiger partial charge on any atom is 0.328 e. The fourth-order valence-corrected chi connectivity index (χ4v) is 0.770. The normalized spacial score (nSPS) is 10.3. The van der Waals surface area contributed by atoms with Crippen LogP contribution in [0.1, 0.15) is 0 Å². The molecule has 0 atom stereocenters. The van der Waals surface area contributed by atoms with Gasteiger partial charge in [0.15, 0.2) is 0 Å². The molecule has 0 unspecified atom stereocenters. The van der Waals surface area contributed by atoms with Crippen molar-refractivity contribution < 1.29 is 9.90 Å². The van der Waals surface area contributed by atoms with Crippen LogP contribution in [0.25, 0.3) is 0 Å². The summed E-state index contributed by atoms with van der Waals surface area (Å²) in [5.74, 6) is -0.925. The molecule has 12 heavy (non-hydrogen) atoms. The van der Waals surface area contributed by atoms with Crippen LogP contribution in [0.2, 0.25) is 0 Å². The average molecular weight is 166 g/mol. The van der Waals surface area contributed by atoms with E-state index in [9.17, 15) is 4.79 Å². The number of carboxylic acids is 1. The van der Waals surface area contributed by atoms with E-state index < -0.39 is 5.97 Å². The molecule has 1 heterocycles. The van der Waals surface area contributed by atoms with Gasteiger partial charge in [-0.1, -0.05) is 6.08 Å². The SMILES string of the molecule is O=C(O)/C=C/CNc1cc[nH]c1. The molecule has 3 N–H and O–H groups in total. The zero-order chi connectivity index (χ0) is 8.81. The summed E-state index contributed by atoms with van der Waals surface area (Å²) in [6.45, 7) is 0.518. The van der Waals surface area contributed by atoms with Gasteiger partial charge in [0.2, 0.25) is 0 Å². The molecule has 1 aromatic heterocycles. The summed E-state index contributed by atoms with van der Waals surface area (Å²) in [6, 6.07) is 1.87. The van der Waals surface area contributed by atoms with E-state index >= 15 is 0 Å². The van der Waals surface area contributed by atoms with E-state index in [0.717, 1.165) is 11.8 Å². The number of nitrogens with one attached hydrogen (secondary N) is 2. The average Bonchev–Trinajstić information content (AvgIpc) is 2.49. The van der Waals surface area contributed by atoms with Crippen LogP contribution in [0.3, 0.4) is 0 Å². The second kappa shape index (κ2) is 4.23. The van der Waals surface area contributed by atoms with Gasteiger partial charge in [0.05, 0.1) is 5.69 Å². The van der Waals surface area contributed by atoms with Gasteiger partial charge < -0.3 is 15.4 Å². The van der Waals surface area contributed by atoms with Gasteiger partial charge in [-0.15, -0.1) is 0 Å². The summed E-state index contributed by atoms with van der Waals surface area (Å²) >= 11 is 0. The molecule has 0 saturated heterocycles. The van der Waals surface area contributed by atoms with Crippen molar-refractivity contribution in [1.82, 2.24) is 4.98 Å². The minimum absolute atomic E-state index is 0.518. The van der Waals surface area contributed by atoms with Crippen LogP contribution in [0, 0.1) is 0 Å². The molecule has 4 nitrogen and oxygen atoms in total. The van der Waals surface area contributed by atoms with Crippen molar-refractivity contribution in [3.05, 3.63) is 30.6 Å². The van der Waals surface area contributed by atoms with Gasteiger partial charge in [0, 0.05) is 25.0 Å². The van der Waals surface area contributed by atoms with Crippen LogP contribution in [0.5, 0.6) is 0 Å². The molecule has 0 aliphatic carbocycles. The Bertz CT molecular complexity index is 265. The number of H-pyrrole nitrogens is 1. The largest absolute Gasteiger partial charge is 0.478 e. The molecule has 1 aromatic rings. The van der Waals surface area contributed by atoms with Crippen LogP contribution in [-0.2, 0) is 4.79 Å². The molecule has 1 rings (SSSR count). The molecule has 0 bridgehead atoms. The van der Waals surface area contributed by atoms with E-state index in [-0.39, 0.29) is 0 Å². The second-order valence-electron chi connectivity index (χ2n) is 2.22. The summed E-state index contributed by atoms with van der Waals surface area (Å²) in [6.07, 6.45) is 6.26. The highest BCUT2D eigenvalue weighted by Gasteiger charge is 1.87. The van der Waals surface area contributed by atoms with Crippen molar-refractivity contribution in [2.24, 2.45) is 0 Å². The predicted molar refractivity (Wildman–Crippen MR) is 46.1 cm³/mol. The van der Waals surface area contributed by atoms with E-state index in [1.54, 1.807) is 18.5 Å². The Balaban J connectivity index is 2.23. The summed E-state index contributed by atoms with van der Waals surface area (Å²) in [5, 5.41) is 11.2. The molecular weight excluding hydrogens is 156 g/mol. The number of carbonyl (C=O) groups is 1. The molecular formula is C8H10N2O2. The maximum absolute atomic E-state index is 10.0. The van der Waals surface area contributed by atoms with E-state index in [1.165, 1.54) is 0 Å². The third-order valence-electron chi connectivity index (χ3n) is 1.28. The minimum atomic E-state index is -0.925. The van der Waals surface area contributed by atoms with Gasteiger partial charge in [-0.3, -0.25) is 0 Å². The molecule has 0 aliphatic rings. The van der Waals surface area contributed by atoms with E-state index in [1.807, 2.05) is 6.07 Å². The lowest BCUT2D eigenvalue weighted by Gasteiger charge is -1.96. The van der Waals surface area contributed by atoms with Gasteiger partial charge in [0.25, 0.3) is 0 Å². The van der Waals surface area contributed by atoms with Crippen molar-refractivity contribution in [3.8, 4) is 0 Å². The van der Waals surface area contributed by atoms with Crippen molar-refractivity contribution in [2.45, 2.75) is 0 Å². The smallest absolute Gasteiger partial charge is 0.328 e. The van der Waals surface area contributed by atoms with Crippen molar-refractivity contribution in [2.75, 3.05) is 11.9 Å². The fraction of sp³-hybridized carbons (Fsp3) is 0.125. The van der Waals surface area contributed by atoms with Crippen LogP contribution < -0.4 is 5.32 Å². The Morgan fingerprint density at radius 1 is 1.75 bits per heavy atom. The maximum atomic E-state index is 10.0. The van der Waals surface area contributed by atoms with Gasteiger partial charge in [-0.2, -0.15) is 0 Å². The first-order chi connectivity index (χ1) is 5.79. The number of anilines is 1. The number of aromatic nitrogens is 1. The van der Waals surface area contributed by atoms with Gasteiger partial charge in [-0.05, 0) is 6.07 Å². The summed E-state index contributed by atoms with van der Waals surface area (Å²) in [5.41, 5.74) is 0.949. The number of aromatic amines is 1. The third-order valence-corrected chi connectivity index (χ3v) is 1.28. The highest BCUT2D eigenvalue weighted by molar-refractivity contribution is 5.79. The molecule has 0 fully saturated rings. The van der Waals surface area contributed by atoms with Gasteiger partial charge in [0.1, 0.15) is 0 Å². The highest BCUT2D eigenvalue weighted by atomic mass is 16.4. The van der Waals surface area contributed by atoms with Crippen molar-refractivity contribution in [1.29, 1.82) is 0 Å². The Morgan fingerprint density at radius 3 is 3.17 bits per heavy atom. The van der Waals surface area contributed by atoms with E-state index in [4.69, 9.17) is 5.11 Å². The predicted octanol–water partition coefficient (Wildman–Crippen LogP) is 1.07. The number of rotatable bonds is 4. The lowest BCUT2D eigenvalue weighted by atomic mass is 10.4. The van der Waals surface area contributed by atoms with Crippen molar-refractivity contribution >= 4 is 11.7 Å². The Morgan fingerprint density at radius 2 is 2.58 bits per heavy atom. The van der Waals surface area contributed by atoms with Crippen molar-refractivity contribution in [3.63, 3.8) is 0 Å². The van der Waals surface area contributed by atoms with Gasteiger partial charge >= 0.3 is 5.97 Å². The first-order valence-corrected chi connectivity index (χ1v) is 3.55. The molecule has 64 valence electrons. The fourth-order valence-electron chi connectivity index (χ4n) is 0.770. The summed E-state index contributed by atoms with van der Waals surface area (Å²) in [7, 11) is 0. The number of aliphatic carboxylic acids is 1. The number of hydrogen-bond acceptors (Lipinski definition) is 2. The Kier molecular flexibility index (Phi) is 2.95. The molecule has 4 heteroatoms. The molecule has 0 aromatic carbocycles. The third kappa shape index (κ3) is 2.92. The molecule has 0 spiro atoms. The van der Waals surface area contributed by atoms with Gasteiger partial charge in [-0.25, -0.2) is 4.79 Å². The molecule has 0 saturated carbocycles. The van der Waals surface area contributed by atoms with E-state index in [2.05, 4.69) is 10.3 Å². The highest BCUT2D eigenvalue weighted by Crippen LogP contribution is 2.01. The number of hydrogen-bond donors (Lipinski definition) is 3. The quantitative estimate of drug-likeness (QED) is 0.586. The van der Waals surface area contributed by atoms with Crippen LogP contribution in [-0.4, -0.2) is 22.6 Å². The lowest BCUT2D eigenvalue weighted by molar-refractivity contribution is -0.131. The van der Waals surface area contributed by atoms with E-state index in [0.29, 0.717) is 6.54 Å². The molecule has 0 aliphatic heterocycles. The Hall–Kier alpha value is -1.71.